The second-order valence-corrected chi connectivity index (χ2v) is 4.10. The maximum absolute atomic E-state index is 11.8. The molecule has 1 heterocycles. The Balaban J connectivity index is 2.38. The van der Waals surface area contributed by atoms with Gasteiger partial charge in [-0.1, -0.05) is 18.2 Å². The van der Waals surface area contributed by atoms with Gasteiger partial charge < -0.3 is 16.0 Å². The first-order chi connectivity index (χ1) is 8.09. The maximum Gasteiger partial charge on any atom is 0.246 e. The minimum atomic E-state index is -0.177. The molecule has 3 N–H and O–H groups in total. The van der Waals surface area contributed by atoms with Crippen molar-refractivity contribution in [2.24, 2.45) is 5.73 Å². The molecule has 2 amide bonds. The zero-order chi connectivity index (χ0) is 12.4. The largest absolute Gasteiger partial charge is 0.345 e. The van der Waals surface area contributed by atoms with Gasteiger partial charge in [0.2, 0.25) is 11.8 Å². The van der Waals surface area contributed by atoms with Crippen molar-refractivity contribution in [1.29, 1.82) is 0 Å². The molecule has 1 aliphatic rings. The molecule has 1 saturated heterocycles. The summed E-state index contributed by atoms with van der Waals surface area (Å²) in [5, 5.41) is 2.52. The minimum absolute atomic E-state index is 0.0477. The molecule has 1 atom stereocenters. The third-order valence-corrected chi connectivity index (χ3v) is 2.76. The van der Waals surface area contributed by atoms with Gasteiger partial charge in [-0.25, -0.2) is 0 Å². The quantitative estimate of drug-likeness (QED) is 0.764. The van der Waals surface area contributed by atoms with E-state index < -0.39 is 0 Å². The van der Waals surface area contributed by atoms with Crippen LogP contribution in [0.15, 0.2) is 24.3 Å². The van der Waals surface area contributed by atoms with E-state index in [1.165, 1.54) is 4.90 Å². The van der Waals surface area contributed by atoms with Crippen molar-refractivity contribution in [3.8, 4) is 0 Å². The predicted octanol–water partition coefficient (Wildman–Crippen LogP) is 0.169. The number of rotatable bonds is 2. The lowest BCUT2D eigenvalue weighted by Gasteiger charge is -2.29. The summed E-state index contributed by atoms with van der Waals surface area (Å²) < 4.78 is 0. The topological polar surface area (TPSA) is 75.4 Å². The molecule has 1 aromatic carbocycles. The Morgan fingerprint density at radius 3 is 2.76 bits per heavy atom. The van der Waals surface area contributed by atoms with E-state index in [4.69, 9.17) is 5.73 Å². The summed E-state index contributed by atoms with van der Waals surface area (Å²) >= 11 is 0. The van der Waals surface area contributed by atoms with Crippen LogP contribution in [0, 0.1) is 0 Å². The first-order valence-corrected chi connectivity index (χ1v) is 5.51. The highest BCUT2D eigenvalue weighted by Crippen LogP contribution is 2.25. The SMILES string of the molecule is CC(N)c1ccccc1N1CC(=O)NCC1=O. The number of benzene rings is 1. The number of hydrogen-bond acceptors (Lipinski definition) is 3. The van der Waals surface area contributed by atoms with Gasteiger partial charge in [0.1, 0.15) is 6.54 Å². The fourth-order valence-electron chi connectivity index (χ4n) is 1.90. The molecule has 5 heteroatoms. The van der Waals surface area contributed by atoms with Crippen LogP contribution in [-0.2, 0) is 9.59 Å². The molecule has 17 heavy (non-hydrogen) atoms. The minimum Gasteiger partial charge on any atom is -0.345 e. The fraction of sp³-hybridized carbons (Fsp3) is 0.333. The van der Waals surface area contributed by atoms with E-state index in [0.29, 0.717) is 0 Å². The van der Waals surface area contributed by atoms with Crippen LogP contribution >= 0.6 is 0 Å². The van der Waals surface area contributed by atoms with Gasteiger partial charge in [0.05, 0.1) is 6.54 Å². The van der Waals surface area contributed by atoms with E-state index in [9.17, 15) is 9.59 Å². The number of carbonyl (C=O) groups is 2. The Morgan fingerprint density at radius 2 is 2.06 bits per heavy atom. The first kappa shape index (κ1) is 11.6. The number of nitrogens with two attached hydrogens (primary N) is 1. The van der Waals surface area contributed by atoms with Gasteiger partial charge in [0.25, 0.3) is 0 Å². The van der Waals surface area contributed by atoms with Crippen molar-refractivity contribution < 1.29 is 9.59 Å². The van der Waals surface area contributed by atoms with E-state index in [2.05, 4.69) is 5.32 Å². The molecule has 1 fully saturated rings. The second-order valence-electron chi connectivity index (χ2n) is 4.10. The molecule has 0 bridgehead atoms. The van der Waals surface area contributed by atoms with E-state index in [1.54, 1.807) is 0 Å². The van der Waals surface area contributed by atoms with Crippen molar-refractivity contribution in [2.45, 2.75) is 13.0 Å². The van der Waals surface area contributed by atoms with Crippen LogP contribution in [0.4, 0.5) is 5.69 Å². The third-order valence-electron chi connectivity index (χ3n) is 2.76. The third kappa shape index (κ3) is 2.29. The zero-order valence-corrected chi connectivity index (χ0v) is 9.64. The van der Waals surface area contributed by atoms with Gasteiger partial charge in [0.15, 0.2) is 0 Å². The Hall–Kier alpha value is -1.88. The number of carbonyl (C=O) groups excluding carboxylic acids is 2. The Morgan fingerprint density at radius 1 is 1.35 bits per heavy atom. The van der Waals surface area contributed by atoms with Gasteiger partial charge in [-0.2, -0.15) is 0 Å². The van der Waals surface area contributed by atoms with Crippen LogP contribution in [0.5, 0.6) is 0 Å². The highest BCUT2D eigenvalue weighted by Gasteiger charge is 2.26. The van der Waals surface area contributed by atoms with E-state index in [-0.39, 0.29) is 30.9 Å². The Bertz CT molecular complexity index is 457. The molecule has 2 rings (SSSR count). The summed E-state index contributed by atoms with van der Waals surface area (Å²) in [6, 6.07) is 7.22. The predicted molar refractivity (Wildman–Crippen MR) is 64.4 cm³/mol. The maximum atomic E-state index is 11.8. The van der Waals surface area contributed by atoms with Crippen molar-refractivity contribution in [2.75, 3.05) is 18.0 Å². The second kappa shape index (κ2) is 4.55. The smallest absolute Gasteiger partial charge is 0.246 e. The lowest BCUT2D eigenvalue weighted by Crippen LogP contribution is -2.52. The van der Waals surface area contributed by atoms with Crippen LogP contribution in [0.25, 0.3) is 0 Å². The van der Waals surface area contributed by atoms with E-state index in [0.717, 1.165) is 11.3 Å². The summed E-state index contributed by atoms with van der Waals surface area (Å²) in [4.78, 5) is 24.6. The fourth-order valence-corrected chi connectivity index (χ4v) is 1.90. The van der Waals surface area contributed by atoms with Gasteiger partial charge in [-0.15, -0.1) is 0 Å². The Kier molecular flexibility index (Phi) is 3.10. The van der Waals surface area contributed by atoms with Crippen molar-refractivity contribution >= 4 is 17.5 Å². The number of nitrogens with one attached hydrogen (secondary N) is 1. The highest BCUT2D eigenvalue weighted by atomic mass is 16.2. The van der Waals surface area contributed by atoms with Crippen LogP contribution in [0.1, 0.15) is 18.5 Å². The highest BCUT2D eigenvalue weighted by molar-refractivity contribution is 6.04. The van der Waals surface area contributed by atoms with Crippen LogP contribution in [0.3, 0.4) is 0 Å². The van der Waals surface area contributed by atoms with Crippen molar-refractivity contribution in [1.82, 2.24) is 5.32 Å². The molecule has 1 aliphatic heterocycles. The lowest BCUT2D eigenvalue weighted by molar-refractivity contribution is -0.128. The molecule has 0 aliphatic carbocycles. The Labute approximate surface area is 99.6 Å². The number of amides is 2. The van der Waals surface area contributed by atoms with Gasteiger partial charge in [-0.05, 0) is 18.6 Å². The normalized spacial score (nSPS) is 17.9. The van der Waals surface area contributed by atoms with Crippen LogP contribution < -0.4 is 16.0 Å². The lowest BCUT2D eigenvalue weighted by atomic mass is 10.1. The summed E-state index contributed by atoms with van der Waals surface area (Å²) in [6.07, 6.45) is 0. The van der Waals surface area contributed by atoms with Gasteiger partial charge in [0, 0.05) is 11.7 Å². The monoisotopic (exact) mass is 233 g/mol. The zero-order valence-electron chi connectivity index (χ0n) is 9.64. The number of anilines is 1. The molecule has 5 nitrogen and oxygen atoms in total. The standard InChI is InChI=1S/C12H15N3O2/c1-8(13)9-4-2-3-5-10(9)15-7-11(16)14-6-12(15)17/h2-5,8H,6-7,13H2,1H3,(H,14,16). The molecule has 0 aromatic heterocycles. The summed E-state index contributed by atoms with van der Waals surface area (Å²) in [6.45, 7) is 1.96. The molecule has 0 spiro atoms. The number of piperazine rings is 1. The molecule has 1 unspecified atom stereocenters. The summed E-state index contributed by atoms with van der Waals surface area (Å²) in [5.41, 5.74) is 7.46. The molecular formula is C12H15N3O2. The summed E-state index contributed by atoms with van der Waals surface area (Å²) in [5.74, 6) is -0.262. The van der Waals surface area contributed by atoms with E-state index in [1.807, 2.05) is 31.2 Å². The first-order valence-electron chi connectivity index (χ1n) is 5.51. The van der Waals surface area contributed by atoms with Crippen molar-refractivity contribution in [3.05, 3.63) is 29.8 Å². The molecule has 90 valence electrons. The van der Waals surface area contributed by atoms with Crippen LogP contribution in [0.2, 0.25) is 0 Å². The number of nitrogens with zero attached hydrogens (tertiary/aromatic N) is 1. The molecule has 1 aromatic rings. The summed E-state index contributed by atoms with van der Waals surface area (Å²) in [7, 11) is 0. The number of para-hydroxylation sites is 1. The molecular weight excluding hydrogens is 218 g/mol. The van der Waals surface area contributed by atoms with Crippen molar-refractivity contribution in [3.63, 3.8) is 0 Å². The van der Waals surface area contributed by atoms with Gasteiger partial charge in [-0.3, -0.25) is 9.59 Å². The average Bonchev–Trinajstić information content (AvgIpc) is 2.32. The molecule has 0 radical (unpaired) electrons. The average molecular weight is 233 g/mol. The van der Waals surface area contributed by atoms with E-state index >= 15 is 0 Å². The van der Waals surface area contributed by atoms with Crippen LogP contribution in [-0.4, -0.2) is 24.9 Å². The number of hydrogen-bond donors (Lipinski definition) is 2. The van der Waals surface area contributed by atoms with Gasteiger partial charge >= 0.3 is 0 Å². The molecule has 0 saturated carbocycles.